The van der Waals surface area contributed by atoms with E-state index >= 15 is 0 Å². The lowest BCUT2D eigenvalue weighted by atomic mass is 10.0. The molecular formula is C13H19NO. The zero-order valence-corrected chi connectivity index (χ0v) is 9.46. The van der Waals surface area contributed by atoms with Gasteiger partial charge in [0.2, 0.25) is 0 Å². The molecule has 0 aliphatic heterocycles. The standard InChI is InChI=1S/C13H19NO/c1-9-4-3-5-12-11(9)6-7-13(12)14-10(2)8-15/h3-5,10,13-15H,6-8H2,1-2H3/t10-,13?/m1/s1. The maximum Gasteiger partial charge on any atom is 0.0582 e. The van der Waals surface area contributed by atoms with Gasteiger partial charge in [-0.2, -0.15) is 0 Å². The second kappa shape index (κ2) is 4.33. The molecule has 2 nitrogen and oxygen atoms in total. The van der Waals surface area contributed by atoms with Crippen LogP contribution >= 0.6 is 0 Å². The summed E-state index contributed by atoms with van der Waals surface area (Å²) in [5.41, 5.74) is 4.32. The summed E-state index contributed by atoms with van der Waals surface area (Å²) in [6.45, 7) is 4.40. The van der Waals surface area contributed by atoms with Crippen LogP contribution in [0.1, 0.15) is 36.1 Å². The molecule has 0 fully saturated rings. The first-order chi connectivity index (χ1) is 7.22. The minimum atomic E-state index is 0.182. The van der Waals surface area contributed by atoms with E-state index in [0.717, 1.165) is 12.8 Å². The summed E-state index contributed by atoms with van der Waals surface area (Å²) in [6.07, 6.45) is 2.32. The van der Waals surface area contributed by atoms with E-state index < -0.39 is 0 Å². The highest BCUT2D eigenvalue weighted by molar-refractivity contribution is 5.40. The Morgan fingerprint density at radius 2 is 2.33 bits per heavy atom. The number of fused-ring (bicyclic) bond motifs is 1. The predicted octanol–water partition coefficient (Wildman–Crippen LogP) is 1.95. The van der Waals surface area contributed by atoms with Gasteiger partial charge in [-0.15, -0.1) is 0 Å². The van der Waals surface area contributed by atoms with Crippen LogP contribution in [0.3, 0.4) is 0 Å². The molecule has 1 aromatic carbocycles. The number of hydrogen-bond donors (Lipinski definition) is 2. The number of benzene rings is 1. The number of nitrogens with one attached hydrogen (secondary N) is 1. The molecule has 0 heterocycles. The lowest BCUT2D eigenvalue weighted by Crippen LogP contribution is -2.32. The van der Waals surface area contributed by atoms with Gasteiger partial charge in [0.1, 0.15) is 0 Å². The molecule has 0 saturated carbocycles. The summed E-state index contributed by atoms with van der Waals surface area (Å²) in [7, 11) is 0. The Labute approximate surface area is 91.3 Å². The molecule has 2 atom stereocenters. The number of aryl methyl sites for hydroxylation is 1. The monoisotopic (exact) mass is 205 g/mol. The molecule has 82 valence electrons. The maximum atomic E-state index is 9.04. The highest BCUT2D eigenvalue weighted by atomic mass is 16.3. The highest BCUT2D eigenvalue weighted by Gasteiger charge is 2.23. The van der Waals surface area contributed by atoms with Crippen molar-refractivity contribution in [3.05, 3.63) is 34.9 Å². The van der Waals surface area contributed by atoms with Gasteiger partial charge in [-0.3, -0.25) is 0 Å². The van der Waals surface area contributed by atoms with E-state index in [4.69, 9.17) is 5.11 Å². The van der Waals surface area contributed by atoms with Crippen LogP contribution in [-0.2, 0) is 6.42 Å². The Morgan fingerprint density at radius 3 is 3.07 bits per heavy atom. The molecule has 0 bridgehead atoms. The molecule has 2 heteroatoms. The molecule has 0 amide bonds. The number of rotatable bonds is 3. The van der Waals surface area contributed by atoms with Gasteiger partial charge >= 0.3 is 0 Å². The summed E-state index contributed by atoms with van der Waals surface area (Å²) in [6, 6.07) is 7.12. The second-order valence-electron chi connectivity index (χ2n) is 4.48. The Morgan fingerprint density at radius 1 is 1.53 bits per heavy atom. The van der Waals surface area contributed by atoms with Crippen molar-refractivity contribution in [3.8, 4) is 0 Å². The maximum absolute atomic E-state index is 9.04. The molecular weight excluding hydrogens is 186 g/mol. The van der Waals surface area contributed by atoms with Crippen LogP contribution in [0.25, 0.3) is 0 Å². The third kappa shape index (κ3) is 2.06. The van der Waals surface area contributed by atoms with Crippen LogP contribution in [-0.4, -0.2) is 17.8 Å². The van der Waals surface area contributed by atoms with Crippen molar-refractivity contribution in [1.29, 1.82) is 0 Å². The van der Waals surface area contributed by atoms with E-state index in [2.05, 4.69) is 30.4 Å². The Balaban J connectivity index is 2.18. The van der Waals surface area contributed by atoms with Crippen LogP contribution in [0.15, 0.2) is 18.2 Å². The average Bonchev–Trinajstić information content (AvgIpc) is 2.63. The minimum Gasteiger partial charge on any atom is -0.395 e. The van der Waals surface area contributed by atoms with Crippen molar-refractivity contribution in [2.24, 2.45) is 0 Å². The van der Waals surface area contributed by atoms with Gasteiger partial charge in [-0.05, 0) is 43.4 Å². The molecule has 0 aromatic heterocycles. The van der Waals surface area contributed by atoms with Crippen molar-refractivity contribution >= 4 is 0 Å². The topological polar surface area (TPSA) is 32.3 Å². The second-order valence-corrected chi connectivity index (χ2v) is 4.48. The van der Waals surface area contributed by atoms with Crippen molar-refractivity contribution in [2.75, 3.05) is 6.61 Å². The van der Waals surface area contributed by atoms with Gasteiger partial charge < -0.3 is 10.4 Å². The molecule has 1 unspecified atom stereocenters. The molecule has 1 aliphatic carbocycles. The number of aliphatic hydroxyl groups excluding tert-OH is 1. The largest absolute Gasteiger partial charge is 0.395 e. The Kier molecular flexibility index (Phi) is 3.08. The lowest BCUT2D eigenvalue weighted by molar-refractivity contribution is 0.240. The van der Waals surface area contributed by atoms with Crippen molar-refractivity contribution in [2.45, 2.75) is 38.8 Å². The molecule has 1 aliphatic rings. The fourth-order valence-electron chi connectivity index (χ4n) is 2.41. The van der Waals surface area contributed by atoms with Gasteiger partial charge in [0, 0.05) is 12.1 Å². The third-order valence-electron chi connectivity index (χ3n) is 3.26. The zero-order chi connectivity index (χ0) is 10.8. The zero-order valence-electron chi connectivity index (χ0n) is 9.46. The van der Waals surface area contributed by atoms with E-state index in [1.165, 1.54) is 16.7 Å². The Hall–Kier alpha value is -0.860. The SMILES string of the molecule is Cc1cccc2c1CCC2N[C@H](C)CO. The van der Waals surface area contributed by atoms with E-state index in [1.54, 1.807) is 0 Å². The van der Waals surface area contributed by atoms with E-state index in [1.807, 2.05) is 6.92 Å². The summed E-state index contributed by atoms with van der Waals surface area (Å²) >= 11 is 0. The van der Waals surface area contributed by atoms with E-state index in [-0.39, 0.29) is 12.6 Å². The van der Waals surface area contributed by atoms with Gasteiger partial charge in [0.15, 0.2) is 0 Å². The summed E-state index contributed by atoms with van der Waals surface area (Å²) in [4.78, 5) is 0. The quantitative estimate of drug-likeness (QED) is 0.790. The van der Waals surface area contributed by atoms with Crippen LogP contribution < -0.4 is 5.32 Å². The number of aliphatic hydroxyl groups is 1. The van der Waals surface area contributed by atoms with Crippen LogP contribution in [0, 0.1) is 6.92 Å². The number of hydrogen-bond acceptors (Lipinski definition) is 2. The fourth-order valence-corrected chi connectivity index (χ4v) is 2.41. The van der Waals surface area contributed by atoms with E-state index in [9.17, 15) is 0 Å². The minimum absolute atomic E-state index is 0.182. The van der Waals surface area contributed by atoms with Crippen LogP contribution in [0.2, 0.25) is 0 Å². The molecule has 0 saturated heterocycles. The van der Waals surface area contributed by atoms with Gasteiger partial charge in [0.25, 0.3) is 0 Å². The molecule has 0 radical (unpaired) electrons. The van der Waals surface area contributed by atoms with E-state index in [0.29, 0.717) is 6.04 Å². The van der Waals surface area contributed by atoms with Crippen molar-refractivity contribution in [1.82, 2.24) is 5.32 Å². The average molecular weight is 205 g/mol. The highest BCUT2D eigenvalue weighted by Crippen LogP contribution is 2.33. The summed E-state index contributed by atoms with van der Waals surface area (Å²) in [5, 5.41) is 12.5. The van der Waals surface area contributed by atoms with Gasteiger partial charge in [-0.25, -0.2) is 0 Å². The van der Waals surface area contributed by atoms with Crippen molar-refractivity contribution in [3.63, 3.8) is 0 Å². The first-order valence-electron chi connectivity index (χ1n) is 5.67. The molecule has 2 N–H and O–H groups in total. The molecule has 0 spiro atoms. The summed E-state index contributed by atoms with van der Waals surface area (Å²) < 4.78 is 0. The first-order valence-corrected chi connectivity index (χ1v) is 5.67. The molecule has 2 rings (SSSR count). The first kappa shape index (κ1) is 10.7. The lowest BCUT2D eigenvalue weighted by Gasteiger charge is -2.18. The smallest absolute Gasteiger partial charge is 0.0582 e. The fraction of sp³-hybridized carbons (Fsp3) is 0.538. The van der Waals surface area contributed by atoms with Gasteiger partial charge in [0.05, 0.1) is 6.61 Å². The summed E-state index contributed by atoms with van der Waals surface area (Å²) in [5.74, 6) is 0. The molecule has 15 heavy (non-hydrogen) atoms. The van der Waals surface area contributed by atoms with Crippen molar-refractivity contribution < 1.29 is 5.11 Å². The van der Waals surface area contributed by atoms with Crippen LogP contribution in [0.5, 0.6) is 0 Å². The normalized spacial score (nSPS) is 21.4. The Bertz CT molecular complexity index is 348. The van der Waals surface area contributed by atoms with Gasteiger partial charge in [-0.1, -0.05) is 18.2 Å². The third-order valence-corrected chi connectivity index (χ3v) is 3.26. The predicted molar refractivity (Wildman–Crippen MR) is 61.9 cm³/mol. The molecule has 1 aromatic rings. The van der Waals surface area contributed by atoms with Crippen LogP contribution in [0.4, 0.5) is 0 Å².